The summed E-state index contributed by atoms with van der Waals surface area (Å²) in [4.78, 5) is 25.7. The molecule has 0 spiro atoms. The van der Waals surface area contributed by atoms with Crippen LogP contribution in [-0.2, 0) is 5.54 Å². The number of hydrogen-bond donors (Lipinski definition) is 1. The van der Waals surface area contributed by atoms with E-state index in [1.54, 1.807) is 30.3 Å². The van der Waals surface area contributed by atoms with Gasteiger partial charge in [-0.3, -0.25) is 9.59 Å². The molecule has 0 heterocycles. The lowest BCUT2D eigenvalue weighted by Gasteiger charge is -2.32. The minimum Gasteiger partial charge on any atom is -0.311 e. The maximum atomic E-state index is 13.0. The van der Waals surface area contributed by atoms with Crippen LogP contribution in [0.25, 0.3) is 0 Å². The number of ketones is 2. The highest BCUT2D eigenvalue weighted by Gasteiger charge is 2.35. The van der Waals surface area contributed by atoms with E-state index in [2.05, 4.69) is 19.2 Å². The Balaban J connectivity index is 2.30. The van der Waals surface area contributed by atoms with Crippen molar-refractivity contribution < 1.29 is 9.59 Å². The molecule has 0 aromatic heterocycles. The molecule has 0 bridgehead atoms. The van der Waals surface area contributed by atoms with Gasteiger partial charge in [-0.2, -0.15) is 0 Å². The molecule has 3 nitrogen and oxygen atoms in total. The summed E-state index contributed by atoms with van der Waals surface area (Å²) in [5, 5.41) is 3.29. The van der Waals surface area contributed by atoms with E-state index < -0.39 is 0 Å². The largest absolute Gasteiger partial charge is 0.311 e. The van der Waals surface area contributed by atoms with E-state index in [1.165, 1.54) is 0 Å². The second-order valence-corrected chi connectivity index (χ2v) is 5.87. The molecule has 0 fully saturated rings. The zero-order chi connectivity index (χ0) is 15.9. The van der Waals surface area contributed by atoms with Crippen LogP contribution in [0.3, 0.4) is 0 Å². The van der Waals surface area contributed by atoms with Crippen molar-refractivity contribution in [3.63, 3.8) is 0 Å². The monoisotopic (exact) mass is 293 g/mol. The summed E-state index contributed by atoms with van der Waals surface area (Å²) < 4.78 is 0. The molecule has 0 saturated carbocycles. The number of benzene rings is 2. The Bertz CT molecular complexity index is 773. The smallest absolute Gasteiger partial charge is 0.194 e. The molecule has 3 rings (SSSR count). The second kappa shape index (κ2) is 5.18. The molecule has 1 atom stereocenters. The highest BCUT2D eigenvalue weighted by Crippen LogP contribution is 2.35. The highest BCUT2D eigenvalue weighted by molar-refractivity contribution is 6.28. The summed E-state index contributed by atoms with van der Waals surface area (Å²) >= 11 is 0. The lowest BCUT2D eigenvalue weighted by Crippen LogP contribution is -2.39. The molecule has 1 N–H and O–H groups in total. The normalized spacial score (nSPS) is 16.0. The number of nitrogens with one attached hydrogen (secondary N) is 1. The van der Waals surface area contributed by atoms with Crippen molar-refractivity contribution in [1.82, 2.24) is 5.32 Å². The van der Waals surface area contributed by atoms with Gasteiger partial charge in [-0.25, -0.2) is 0 Å². The third-order valence-electron chi connectivity index (χ3n) is 4.81. The zero-order valence-corrected chi connectivity index (χ0v) is 13.1. The number of carbonyl (C=O) groups excluding carboxylic acids is 2. The molecule has 0 amide bonds. The van der Waals surface area contributed by atoms with Gasteiger partial charge in [0.1, 0.15) is 0 Å². The van der Waals surface area contributed by atoms with Crippen molar-refractivity contribution in [2.75, 3.05) is 7.05 Å². The van der Waals surface area contributed by atoms with Crippen LogP contribution < -0.4 is 5.32 Å². The Labute approximate surface area is 130 Å². The summed E-state index contributed by atoms with van der Waals surface area (Å²) in [6.45, 7) is 4.12. The van der Waals surface area contributed by atoms with Crippen LogP contribution in [0.15, 0.2) is 42.5 Å². The Morgan fingerprint density at radius 1 is 0.909 bits per heavy atom. The third-order valence-corrected chi connectivity index (χ3v) is 4.81. The first-order chi connectivity index (χ1) is 10.5. The van der Waals surface area contributed by atoms with E-state index in [-0.39, 0.29) is 17.1 Å². The summed E-state index contributed by atoms with van der Waals surface area (Å²) in [6.07, 6.45) is 0.822. The van der Waals surface area contributed by atoms with Crippen LogP contribution >= 0.6 is 0 Å². The minimum absolute atomic E-state index is 0.0595. The SMILES string of the molecule is CCC(C)(NC)c1cccc2c1C(=O)c1ccccc1C2=O. The summed E-state index contributed by atoms with van der Waals surface area (Å²) in [5.74, 6) is -0.127. The predicted octanol–water partition coefficient (Wildman–Crippen LogP) is 3.31. The first kappa shape index (κ1) is 14.7. The van der Waals surface area contributed by atoms with Crippen LogP contribution in [0.1, 0.15) is 57.7 Å². The molecule has 1 aliphatic rings. The van der Waals surface area contributed by atoms with E-state index in [0.717, 1.165) is 12.0 Å². The molecule has 2 aromatic rings. The summed E-state index contributed by atoms with van der Waals surface area (Å²) in [6, 6.07) is 12.6. The maximum Gasteiger partial charge on any atom is 0.194 e. The second-order valence-electron chi connectivity index (χ2n) is 5.87. The minimum atomic E-state index is -0.340. The van der Waals surface area contributed by atoms with Crippen molar-refractivity contribution in [3.05, 3.63) is 70.3 Å². The van der Waals surface area contributed by atoms with Gasteiger partial charge in [-0.15, -0.1) is 0 Å². The molecular weight excluding hydrogens is 274 g/mol. The van der Waals surface area contributed by atoms with Gasteiger partial charge in [0.2, 0.25) is 0 Å². The quantitative estimate of drug-likeness (QED) is 0.806. The van der Waals surface area contributed by atoms with E-state index in [9.17, 15) is 9.59 Å². The van der Waals surface area contributed by atoms with Gasteiger partial charge in [0.25, 0.3) is 0 Å². The van der Waals surface area contributed by atoms with E-state index >= 15 is 0 Å². The van der Waals surface area contributed by atoms with Crippen molar-refractivity contribution in [1.29, 1.82) is 0 Å². The average Bonchev–Trinajstić information content (AvgIpc) is 2.58. The Morgan fingerprint density at radius 3 is 2.09 bits per heavy atom. The lowest BCUT2D eigenvalue weighted by molar-refractivity contribution is 0.0976. The van der Waals surface area contributed by atoms with Crippen LogP contribution in [0.4, 0.5) is 0 Å². The average molecular weight is 293 g/mol. The van der Waals surface area contributed by atoms with Crippen LogP contribution in [0, 0.1) is 0 Å². The fraction of sp³-hybridized carbons (Fsp3) is 0.263. The van der Waals surface area contributed by atoms with E-state index in [0.29, 0.717) is 22.3 Å². The molecule has 112 valence electrons. The van der Waals surface area contributed by atoms with Gasteiger partial charge in [0, 0.05) is 27.8 Å². The fourth-order valence-electron chi connectivity index (χ4n) is 3.11. The standard InChI is InChI=1S/C19H19NO2/c1-4-19(2,20-3)15-11-7-10-14-16(15)18(22)13-9-6-5-8-12(13)17(14)21/h5-11,20H,4H2,1-3H3. The van der Waals surface area contributed by atoms with E-state index in [4.69, 9.17) is 0 Å². The number of carbonyl (C=O) groups is 2. The van der Waals surface area contributed by atoms with Crippen molar-refractivity contribution in [2.24, 2.45) is 0 Å². The molecular formula is C19H19NO2. The van der Waals surface area contributed by atoms with Gasteiger partial charge >= 0.3 is 0 Å². The van der Waals surface area contributed by atoms with E-state index in [1.807, 2.05) is 19.2 Å². The van der Waals surface area contributed by atoms with Crippen LogP contribution in [-0.4, -0.2) is 18.6 Å². The van der Waals surface area contributed by atoms with Gasteiger partial charge in [-0.1, -0.05) is 49.4 Å². The Hall–Kier alpha value is -2.26. The van der Waals surface area contributed by atoms with Crippen LogP contribution in [0.5, 0.6) is 0 Å². The summed E-state index contributed by atoms with van der Waals surface area (Å²) in [5.41, 5.74) is 2.61. The Kier molecular flexibility index (Phi) is 3.45. The number of rotatable bonds is 3. The third kappa shape index (κ3) is 1.93. The highest BCUT2D eigenvalue weighted by atomic mass is 16.1. The molecule has 1 aliphatic carbocycles. The number of fused-ring (bicyclic) bond motifs is 2. The van der Waals surface area contributed by atoms with Gasteiger partial charge in [0.05, 0.1) is 0 Å². The first-order valence-electron chi connectivity index (χ1n) is 7.54. The molecule has 3 heteroatoms. The Morgan fingerprint density at radius 2 is 1.50 bits per heavy atom. The lowest BCUT2D eigenvalue weighted by atomic mass is 9.76. The maximum absolute atomic E-state index is 13.0. The molecule has 0 radical (unpaired) electrons. The molecule has 2 aromatic carbocycles. The van der Waals surface area contributed by atoms with Gasteiger partial charge < -0.3 is 5.32 Å². The fourth-order valence-corrected chi connectivity index (χ4v) is 3.11. The van der Waals surface area contributed by atoms with Gasteiger partial charge in [-0.05, 0) is 26.0 Å². The molecule has 0 aliphatic heterocycles. The summed E-state index contributed by atoms with van der Waals surface area (Å²) in [7, 11) is 1.88. The molecule has 22 heavy (non-hydrogen) atoms. The zero-order valence-electron chi connectivity index (χ0n) is 13.1. The number of hydrogen-bond acceptors (Lipinski definition) is 3. The topological polar surface area (TPSA) is 46.2 Å². The van der Waals surface area contributed by atoms with Crippen molar-refractivity contribution in [2.45, 2.75) is 25.8 Å². The van der Waals surface area contributed by atoms with Gasteiger partial charge in [0.15, 0.2) is 11.6 Å². The van der Waals surface area contributed by atoms with Crippen molar-refractivity contribution >= 4 is 11.6 Å². The predicted molar refractivity (Wildman–Crippen MR) is 86.5 cm³/mol. The first-order valence-corrected chi connectivity index (χ1v) is 7.54. The van der Waals surface area contributed by atoms with Crippen LogP contribution in [0.2, 0.25) is 0 Å². The van der Waals surface area contributed by atoms with Crippen molar-refractivity contribution in [3.8, 4) is 0 Å². The molecule has 0 saturated heterocycles. The molecule has 1 unspecified atom stereocenters.